The van der Waals surface area contributed by atoms with Crippen LogP contribution in [0, 0.1) is 5.92 Å². The maximum absolute atomic E-state index is 12.3. The molecule has 3 rings (SSSR count). The van der Waals surface area contributed by atoms with Crippen LogP contribution in [0.2, 0.25) is 0 Å². The molecule has 20 heavy (non-hydrogen) atoms. The zero-order valence-corrected chi connectivity index (χ0v) is 13.0. The number of hydrogen-bond donors (Lipinski definition) is 0. The molecule has 0 aliphatic heterocycles. The van der Waals surface area contributed by atoms with Gasteiger partial charge in [0.05, 0.1) is 7.11 Å². The summed E-state index contributed by atoms with van der Waals surface area (Å²) in [7, 11) is 1.67. The average molecular weight is 331 g/mol. The van der Waals surface area contributed by atoms with Crippen molar-refractivity contribution in [3.63, 3.8) is 0 Å². The van der Waals surface area contributed by atoms with E-state index in [2.05, 4.69) is 28.1 Å². The Hall–Kier alpha value is -1.61. The number of Topliss-reactive ketones (excluding diaryl/α,β-unsaturated/α-hetero) is 1. The third kappa shape index (κ3) is 1.97. The molecule has 0 N–H and O–H groups in total. The fraction of sp³-hybridized carbons (Fsp3) is 0.235. The molecule has 0 spiro atoms. The number of ether oxygens (including phenoxy) is 1. The number of halogens is 1. The first kappa shape index (κ1) is 13.4. The van der Waals surface area contributed by atoms with Crippen LogP contribution >= 0.6 is 15.9 Å². The summed E-state index contributed by atoms with van der Waals surface area (Å²) in [5, 5.41) is 0. The summed E-state index contributed by atoms with van der Waals surface area (Å²) in [4.78, 5) is 12.3. The van der Waals surface area contributed by atoms with Gasteiger partial charge >= 0.3 is 0 Å². The molecule has 0 saturated carbocycles. The molecule has 2 aromatic rings. The molecule has 0 bridgehead atoms. The van der Waals surface area contributed by atoms with E-state index in [4.69, 9.17) is 4.74 Å². The summed E-state index contributed by atoms with van der Waals surface area (Å²) in [6.07, 6.45) is 0.772. The Labute approximate surface area is 126 Å². The number of fused-ring (bicyclic) bond motifs is 1. The topological polar surface area (TPSA) is 26.3 Å². The van der Waals surface area contributed by atoms with Crippen molar-refractivity contribution in [1.82, 2.24) is 0 Å². The van der Waals surface area contributed by atoms with Gasteiger partial charge in [-0.3, -0.25) is 4.79 Å². The Morgan fingerprint density at radius 2 is 1.90 bits per heavy atom. The van der Waals surface area contributed by atoms with E-state index < -0.39 is 0 Å². The summed E-state index contributed by atoms with van der Waals surface area (Å²) in [5.74, 6) is 1.06. The summed E-state index contributed by atoms with van der Waals surface area (Å²) in [5.41, 5.74) is 4.05. The van der Waals surface area contributed by atoms with Crippen molar-refractivity contribution in [2.24, 2.45) is 5.92 Å². The molecule has 0 heterocycles. The van der Waals surface area contributed by atoms with Gasteiger partial charge < -0.3 is 4.74 Å². The molecule has 0 aromatic heterocycles. The van der Waals surface area contributed by atoms with Gasteiger partial charge in [0.2, 0.25) is 0 Å². The fourth-order valence-corrected chi connectivity index (χ4v) is 3.52. The molecule has 0 radical (unpaired) electrons. The van der Waals surface area contributed by atoms with Crippen molar-refractivity contribution in [2.45, 2.75) is 13.3 Å². The average Bonchev–Trinajstić information content (AvgIpc) is 2.75. The largest absolute Gasteiger partial charge is 0.496 e. The molecule has 102 valence electrons. The highest BCUT2D eigenvalue weighted by Crippen LogP contribution is 2.44. The van der Waals surface area contributed by atoms with Crippen LogP contribution in [0.1, 0.15) is 22.8 Å². The molecule has 1 atom stereocenters. The van der Waals surface area contributed by atoms with E-state index in [0.717, 1.165) is 38.9 Å². The molecular weight excluding hydrogens is 316 g/mol. The van der Waals surface area contributed by atoms with Gasteiger partial charge in [-0.15, -0.1) is 0 Å². The van der Waals surface area contributed by atoms with E-state index in [-0.39, 0.29) is 11.7 Å². The Morgan fingerprint density at radius 3 is 2.55 bits per heavy atom. The smallest absolute Gasteiger partial charge is 0.167 e. The molecule has 1 aliphatic carbocycles. The van der Waals surface area contributed by atoms with Gasteiger partial charge in [-0.1, -0.05) is 37.3 Å². The summed E-state index contributed by atoms with van der Waals surface area (Å²) >= 11 is 3.51. The molecular formula is C17H15BrO2. The molecule has 0 fully saturated rings. The second-order valence-corrected chi connectivity index (χ2v) is 5.98. The van der Waals surface area contributed by atoms with Gasteiger partial charge in [0.15, 0.2) is 5.78 Å². The maximum Gasteiger partial charge on any atom is 0.167 e. The van der Waals surface area contributed by atoms with Crippen LogP contribution in [-0.4, -0.2) is 12.9 Å². The zero-order valence-electron chi connectivity index (χ0n) is 11.4. The number of methoxy groups -OCH3 is 1. The second-order valence-electron chi connectivity index (χ2n) is 5.12. The number of carbonyl (C=O) groups is 1. The van der Waals surface area contributed by atoms with Crippen LogP contribution in [0.4, 0.5) is 0 Å². The van der Waals surface area contributed by atoms with E-state index in [1.807, 2.05) is 31.2 Å². The molecule has 0 saturated heterocycles. The lowest BCUT2D eigenvalue weighted by atomic mass is 9.95. The Balaban J connectivity index is 2.32. The van der Waals surface area contributed by atoms with E-state index in [9.17, 15) is 4.79 Å². The quantitative estimate of drug-likeness (QED) is 0.810. The van der Waals surface area contributed by atoms with Gasteiger partial charge in [0.1, 0.15) is 5.75 Å². The fourth-order valence-electron chi connectivity index (χ4n) is 2.88. The van der Waals surface area contributed by atoms with Gasteiger partial charge in [-0.05, 0) is 39.5 Å². The number of benzene rings is 2. The van der Waals surface area contributed by atoms with Gasteiger partial charge in [-0.25, -0.2) is 0 Å². The van der Waals surface area contributed by atoms with E-state index in [1.165, 1.54) is 0 Å². The molecule has 1 aliphatic rings. The first-order chi connectivity index (χ1) is 9.63. The standard InChI is InChI=1S/C17H15BrO2/c1-10-8-12-15(11-6-4-3-5-7-11)14(20-2)9-13(18)16(12)17(10)19/h3-7,9-10H,8H2,1-2H3. The van der Waals surface area contributed by atoms with Gasteiger partial charge in [0, 0.05) is 21.5 Å². The van der Waals surface area contributed by atoms with Crippen LogP contribution in [-0.2, 0) is 6.42 Å². The number of rotatable bonds is 2. The third-order valence-electron chi connectivity index (χ3n) is 3.83. The highest BCUT2D eigenvalue weighted by Gasteiger charge is 2.33. The SMILES string of the molecule is COc1cc(Br)c2c(c1-c1ccccc1)CC(C)C2=O. The predicted molar refractivity (Wildman–Crippen MR) is 83.3 cm³/mol. The minimum Gasteiger partial charge on any atom is -0.496 e. The molecule has 2 nitrogen and oxygen atoms in total. The van der Waals surface area contributed by atoms with Gasteiger partial charge in [-0.2, -0.15) is 0 Å². The number of hydrogen-bond acceptors (Lipinski definition) is 2. The van der Waals surface area contributed by atoms with Crippen molar-refractivity contribution >= 4 is 21.7 Å². The monoisotopic (exact) mass is 330 g/mol. The van der Waals surface area contributed by atoms with Crippen LogP contribution < -0.4 is 4.74 Å². The summed E-state index contributed by atoms with van der Waals surface area (Å²) in [6, 6.07) is 12.0. The van der Waals surface area contributed by atoms with Crippen molar-refractivity contribution < 1.29 is 9.53 Å². The Kier molecular flexibility index (Phi) is 3.38. The maximum atomic E-state index is 12.3. The lowest BCUT2D eigenvalue weighted by molar-refractivity contribution is 0.0945. The van der Waals surface area contributed by atoms with E-state index in [1.54, 1.807) is 7.11 Å². The number of carbonyl (C=O) groups excluding carboxylic acids is 1. The second kappa shape index (κ2) is 5.06. The number of ketones is 1. The lowest BCUT2D eigenvalue weighted by Crippen LogP contribution is -2.03. The van der Waals surface area contributed by atoms with Crippen LogP contribution in [0.15, 0.2) is 40.9 Å². The Morgan fingerprint density at radius 1 is 1.20 bits per heavy atom. The zero-order chi connectivity index (χ0) is 14.3. The van der Waals surface area contributed by atoms with E-state index in [0.29, 0.717) is 0 Å². The lowest BCUT2D eigenvalue weighted by Gasteiger charge is -2.15. The highest BCUT2D eigenvalue weighted by atomic mass is 79.9. The first-order valence-corrected chi connectivity index (χ1v) is 7.41. The minimum absolute atomic E-state index is 0.0378. The van der Waals surface area contributed by atoms with Crippen molar-refractivity contribution in [3.05, 3.63) is 52.0 Å². The van der Waals surface area contributed by atoms with E-state index >= 15 is 0 Å². The minimum atomic E-state index is 0.0378. The first-order valence-electron chi connectivity index (χ1n) is 6.62. The molecule has 0 amide bonds. The van der Waals surface area contributed by atoms with Crippen LogP contribution in [0.25, 0.3) is 11.1 Å². The van der Waals surface area contributed by atoms with Crippen LogP contribution in [0.3, 0.4) is 0 Å². The summed E-state index contributed by atoms with van der Waals surface area (Å²) < 4.78 is 6.37. The molecule has 3 heteroatoms. The van der Waals surface area contributed by atoms with Crippen molar-refractivity contribution in [3.8, 4) is 16.9 Å². The predicted octanol–water partition coefficient (Wildman–Crippen LogP) is 4.50. The van der Waals surface area contributed by atoms with Crippen LogP contribution in [0.5, 0.6) is 5.75 Å². The molecule has 1 unspecified atom stereocenters. The normalized spacial score (nSPS) is 17.1. The van der Waals surface area contributed by atoms with Crippen molar-refractivity contribution in [2.75, 3.05) is 7.11 Å². The van der Waals surface area contributed by atoms with Gasteiger partial charge in [0.25, 0.3) is 0 Å². The third-order valence-corrected chi connectivity index (χ3v) is 4.46. The highest BCUT2D eigenvalue weighted by molar-refractivity contribution is 9.10. The summed E-state index contributed by atoms with van der Waals surface area (Å²) in [6.45, 7) is 1.98. The van der Waals surface area contributed by atoms with Crippen molar-refractivity contribution in [1.29, 1.82) is 0 Å². The Bertz CT molecular complexity index is 677. The molecule has 2 aromatic carbocycles.